The number of aryl methyl sites for hydroxylation is 1. The largest absolute Gasteiger partial charge is 0.496 e. The van der Waals surface area contributed by atoms with Crippen LogP contribution in [0.4, 0.5) is 0 Å². The molecule has 4 heteroatoms. The van der Waals surface area contributed by atoms with Crippen LogP contribution in [0, 0.1) is 6.92 Å². The van der Waals surface area contributed by atoms with Crippen LogP contribution in [0.25, 0.3) is 0 Å². The van der Waals surface area contributed by atoms with Crippen molar-refractivity contribution >= 4 is 16.6 Å². The normalized spacial score (nSPS) is 11.9. The van der Waals surface area contributed by atoms with Crippen LogP contribution in [0.3, 0.4) is 0 Å². The Labute approximate surface area is 121 Å². The molecule has 2 aromatic rings. The maximum atomic E-state index is 12.2. The first-order valence-corrected chi connectivity index (χ1v) is 7.55. The van der Waals surface area contributed by atoms with Crippen LogP contribution >= 0.6 is 0 Å². The number of rotatable bonds is 5. The molecular formula is C16H16O3S. The number of ether oxygens (including phenoxy) is 1. The van der Waals surface area contributed by atoms with Gasteiger partial charge in [-0.2, -0.15) is 0 Å². The van der Waals surface area contributed by atoms with Gasteiger partial charge in [-0.3, -0.25) is 9.00 Å². The third kappa shape index (κ3) is 3.33. The summed E-state index contributed by atoms with van der Waals surface area (Å²) >= 11 is 0. The van der Waals surface area contributed by atoms with Gasteiger partial charge in [0.25, 0.3) is 0 Å². The van der Waals surface area contributed by atoms with Crippen molar-refractivity contribution in [3.05, 3.63) is 59.7 Å². The fourth-order valence-electron chi connectivity index (χ4n) is 1.91. The minimum atomic E-state index is -1.34. The smallest absolute Gasteiger partial charge is 0.179 e. The van der Waals surface area contributed by atoms with Gasteiger partial charge in [0.1, 0.15) is 5.75 Å². The van der Waals surface area contributed by atoms with Gasteiger partial charge in [0, 0.05) is 4.90 Å². The summed E-state index contributed by atoms with van der Waals surface area (Å²) in [5, 5.41) is 0. The lowest BCUT2D eigenvalue weighted by Gasteiger charge is -2.07. The lowest BCUT2D eigenvalue weighted by atomic mass is 10.1. The Hall–Kier alpha value is -1.94. The van der Waals surface area contributed by atoms with Gasteiger partial charge in [-0.05, 0) is 36.8 Å². The van der Waals surface area contributed by atoms with Gasteiger partial charge < -0.3 is 4.74 Å². The van der Waals surface area contributed by atoms with Crippen LogP contribution < -0.4 is 4.74 Å². The third-order valence-corrected chi connectivity index (χ3v) is 4.23. The van der Waals surface area contributed by atoms with Crippen LogP contribution in [-0.2, 0) is 10.8 Å². The minimum absolute atomic E-state index is 0.0379. The number of methoxy groups -OCH3 is 1. The first-order valence-electron chi connectivity index (χ1n) is 6.23. The number of hydrogen-bond donors (Lipinski definition) is 0. The molecule has 0 radical (unpaired) electrons. The third-order valence-electron chi connectivity index (χ3n) is 2.92. The zero-order chi connectivity index (χ0) is 14.5. The van der Waals surface area contributed by atoms with E-state index in [0.717, 1.165) is 5.56 Å². The maximum Gasteiger partial charge on any atom is 0.179 e. The monoisotopic (exact) mass is 288 g/mol. The molecule has 2 rings (SSSR count). The maximum absolute atomic E-state index is 12.2. The topological polar surface area (TPSA) is 43.4 Å². The summed E-state index contributed by atoms with van der Waals surface area (Å²) in [6.45, 7) is 1.93. The molecule has 0 aliphatic rings. The number of benzene rings is 2. The van der Waals surface area contributed by atoms with Crippen molar-refractivity contribution in [3.8, 4) is 5.75 Å². The standard InChI is InChI=1S/C16H16O3S/c1-12-6-5-7-13(10-12)20(18)11-15(17)14-8-3-4-9-16(14)19-2/h3-10H,11H2,1-2H3. The Bertz CT molecular complexity index is 650. The summed E-state index contributed by atoms with van der Waals surface area (Å²) in [6, 6.07) is 14.4. The fraction of sp³-hybridized carbons (Fsp3) is 0.188. The number of para-hydroxylation sites is 1. The fourth-order valence-corrected chi connectivity index (χ4v) is 3.02. The van der Waals surface area contributed by atoms with E-state index in [1.807, 2.05) is 25.1 Å². The predicted octanol–water partition coefficient (Wildman–Crippen LogP) is 2.99. The number of hydrogen-bond acceptors (Lipinski definition) is 3. The highest BCUT2D eigenvalue weighted by Crippen LogP contribution is 2.19. The lowest BCUT2D eigenvalue weighted by Crippen LogP contribution is -2.12. The van der Waals surface area contributed by atoms with E-state index in [2.05, 4.69) is 0 Å². The Balaban J connectivity index is 2.17. The number of carbonyl (C=O) groups is 1. The molecule has 3 nitrogen and oxygen atoms in total. The van der Waals surface area contributed by atoms with Crippen molar-refractivity contribution in [2.45, 2.75) is 11.8 Å². The quantitative estimate of drug-likeness (QED) is 0.794. The molecular weight excluding hydrogens is 272 g/mol. The molecule has 0 fully saturated rings. The predicted molar refractivity (Wildman–Crippen MR) is 79.8 cm³/mol. The molecule has 0 saturated carbocycles. The molecule has 1 atom stereocenters. The van der Waals surface area contributed by atoms with Gasteiger partial charge in [0.05, 0.1) is 29.2 Å². The van der Waals surface area contributed by atoms with Crippen molar-refractivity contribution in [2.75, 3.05) is 12.9 Å². The molecule has 0 aliphatic heterocycles. The van der Waals surface area contributed by atoms with Crippen molar-refractivity contribution in [3.63, 3.8) is 0 Å². The van der Waals surface area contributed by atoms with Crippen molar-refractivity contribution in [1.29, 1.82) is 0 Å². The van der Waals surface area contributed by atoms with E-state index in [0.29, 0.717) is 16.2 Å². The first-order chi connectivity index (χ1) is 9.61. The molecule has 0 amide bonds. The average Bonchev–Trinajstić information content (AvgIpc) is 2.47. The zero-order valence-corrected chi connectivity index (χ0v) is 12.3. The molecule has 0 saturated heterocycles. The van der Waals surface area contributed by atoms with Crippen LogP contribution in [0.5, 0.6) is 5.75 Å². The molecule has 20 heavy (non-hydrogen) atoms. The molecule has 104 valence electrons. The van der Waals surface area contributed by atoms with E-state index in [9.17, 15) is 9.00 Å². The Morgan fingerprint density at radius 1 is 1.15 bits per heavy atom. The van der Waals surface area contributed by atoms with Gasteiger partial charge in [-0.15, -0.1) is 0 Å². The number of carbonyl (C=O) groups excluding carboxylic acids is 1. The average molecular weight is 288 g/mol. The second-order valence-electron chi connectivity index (χ2n) is 4.43. The highest BCUT2D eigenvalue weighted by Gasteiger charge is 2.15. The van der Waals surface area contributed by atoms with Gasteiger partial charge in [0.15, 0.2) is 5.78 Å². The second-order valence-corrected chi connectivity index (χ2v) is 5.88. The molecule has 0 aromatic heterocycles. The van der Waals surface area contributed by atoms with Crippen LogP contribution in [-0.4, -0.2) is 22.9 Å². The summed E-state index contributed by atoms with van der Waals surface area (Å²) in [6.07, 6.45) is 0. The van der Waals surface area contributed by atoms with Crippen LogP contribution in [0.2, 0.25) is 0 Å². The van der Waals surface area contributed by atoms with E-state index in [-0.39, 0.29) is 11.5 Å². The molecule has 0 bridgehead atoms. The summed E-state index contributed by atoms with van der Waals surface area (Å²) < 4.78 is 17.4. The highest BCUT2D eigenvalue weighted by atomic mass is 32.2. The molecule has 2 aromatic carbocycles. The summed E-state index contributed by atoms with van der Waals surface area (Å²) in [4.78, 5) is 12.9. The molecule has 0 heterocycles. The van der Waals surface area contributed by atoms with Crippen molar-refractivity contribution in [2.24, 2.45) is 0 Å². The molecule has 0 N–H and O–H groups in total. The van der Waals surface area contributed by atoms with Crippen LogP contribution in [0.1, 0.15) is 15.9 Å². The van der Waals surface area contributed by atoms with E-state index in [1.54, 1.807) is 30.3 Å². The molecule has 0 spiro atoms. The van der Waals surface area contributed by atoms with Crippen LogP contribution in [0.15, 0.2) is 53.4 Å². The molecule has 1 unspecified atom stereocenters. The Morgan fingerprint density at radius 3 is 2.60 bits per heavy atom. The molecule has 0 aliphatic carbocycles. The summed E-state index contributed by atoms with van der Waals surface area (Å²) in [7, 11) is 0.178. The van der Waals surface area contributed by atoms with Gasteiger partial charge in [0.2, 0.25) is 0 Å². The van der Waals surface area contributed by atoms with E-state index in [4.69, 9.17) is 4.74 Å². The van der Waals surface area contributed by atoms with Gasteiger partial charge in [-0.25, -0.2) is 0 Å². The zero-order valence-electron chi connectivity index (χ0n) is 11.5. The number of Topliss-reactive ketones (excluding diaryl/α,β-unsaturated/α-hetero) is 1. The van der Waals surface area contributed by atoms with E-state index < -0.39 is 10.8 Å². The number of ketones is 1. The van der Waals surface area contributed by atoms with Crippen molar-refractivity contribution in [1.82, 2.24) is 0 Å². The minimum Gasteiger partial charge on any atom is -0.496 e. The Morgan fingerprint density at radius 2 is 1.90 bits per heavy atom. The van der Waals surface area contributed by atoms with Gasteiger partial charge >= 0.3 is 0 Å². The first kappa shape index (κ1) is 14.5. The summed E-state index contributed by atoms with van der Waals surface area (Å²) in [5.74, 6) is 0.296. The SMILES string of the molecule is COc1ccccc1C(=O)CS(=O)c1cccc(C)c1. The van der Waals surface area contributed by atoms with E-state index in [1.165, 1.54) is 7.11 Å². The second kappa shape index (κ2) is 6.48. The summed E-state index contributed by atoms with van der Waals surface area (Å²) in [5.41, 5.74) is 1.50. The van der Waals surface area contributed by atoms with Gasteiger partial charge in [-0.1, -0.05) is 24.3 Å². The van der Waals surface area contributed by atoms with E-state index >= 15 is 0 Å². The highest BCUT2D eigenvalue weighted by molar-refractivity contribution is 7.85. The lowest BCUT2D eigenvalue weighted by molar-refractivity contribution is 0.101. The van der Waals surface area contributed by atoms with Crippen molar-refractivity contribution < 1.29 is 13.7 Å². The Kier molecular flexibility index (Phi) is 4.69.